The van der Waals surface area contributed by atoms with Crippen molar-refractivity contribution >= 4 is 40.1 Å². The summed E-state index contributed by atoms with van der Waals surface area (Å²) in [6.07, 6.45) is 0. The molecule has 2 aliphatic carbocycles. The van der Waals surface area contributed by atoms with Gasteiger partial charge in [0.1, 0.15) is 0 Å². The van der Waals surface area contributed by atoms with E-state index in [0.29, 0.717) is 0 Å². The summed E-state index contributed by atoms with van der Waals surface area (Å²) in [4.78, 5) is 53.9. The molecule has 0 spiro atoms. The number of hydrogen-bond donors (Lipinski definition) is 0. The summed E-state index contributed by atoms with van der Waals surface area (Å²) >= 11 is 0. The number of nitrogens with zero attached hydrogens (tertiary/aromatic N) is 2. The molecule has 1 aliphatic heterocycles. The van der Waals surface area contributed by atoms with E-state index in [4.69, 9.17) is 0 Å². The van der Waals surface area contributed by atoms with Crippen LogP contribution in [0.25, 0.3) is 11.1 Å². The number of hydrogen-bond acceptors (Lipinski definition) is 5. The van der Waals surface area contributed by atoms with Crippen molar-refractivity contribution < 1.29 is 19.3 Å². The third-order valence-corrected chi connectivity index (χ3v) is 8.21. The molecule has 1 saturated carbocycles. The van der Waals surface area contributed by atoms with Crippen LogP contribution in [0, 0.1) is 32.8 Å². The number of non-ortho nitro benzene ring substituents is 1. The van der Waals surface area contributed by atoms with Crippen LogP contribution in [0.2, 0.25) is 0 Å². The first-order valence-electron chi connectivity index (χ1n) is 11.8. The lowest BCUT2D eigenvalue weighted by Gasteiger charge is -2.35. The molecule has 0 unspecified atom stereocenters. The van der Waals surface area contributed by atoms with E-state index in [1.807, 2.05) is 60.7 Å². The van der Waals surface area contributed by atoms with Gasteiger partial charge in [-0.15, -0.1) is 0 Å². The van der Waals surface area contributed by atoms with Crippen molar-refractivity contribution in [1.29, 1.82) is 0 Å². The number of anilines is 1. The minimum atomic E-state index is -1.23. The molecule has 0 aromatic heterocycles. The van der Waals surface area contributed by atoms with Crippen LogP contribution in [0.3, 0.4) is 0 Å². The number of ketones is 1. The minimum absolute atomic E-state index is 0.136. The maximum Gasteiger partial charge on any atom is 0.271 e. The quantitative estimate of drug-likeness (QED) is 0.301. The Morgan fingerprint density at radius 3 is 1.64 bits per heavy atom. The predicted octanol–water partition coefficient (Wildman–Crippen LogP) is 4.92. The Morgan fingerprint density at radius 2 is 1.19 bits per heavy atom. The van der Waals surface area contributed by atoms with E-state index in [1.165, 1.54) is 24.3 Å². The summed E-state index contributed by atoms with van der Waals surface area (Å²) in [5.41, 5.74) is 0.689. The molecular weight excluding hydrogens is 456 g/mol. The summed E-state index contributed by atoms with van der Waals surface area (Å²) in [7, 11) is 0. The number of rotatable bonds is 4. The summed E-state index contributed by atoms with van der Waals surface area (Å²) in [5.74, 6) is -2.92. The smallest absolute Gasteiger partial charge is 0.271 e. The highest BCUT2D eigenvalue weighted by atomic mass is 16.6. The monoisotopic (exact) mass is 478 g/mol. The summed E-state index contributed by atoms with van der Waals surface area (Å²) in [6, 6.07) is 24.6. The van der Waals surface area contributed by atoms with Crippen molar-refractivity contribution in [3.05, 3.63) is 106 Å². The zero-order chi connectivity index (χ0) is 25.4. The molecule has 6 rings (SSSR count). The molecule has 2 bridgehead atoms. The molecule has 2 amide bonds. The standard InChI is InChI=1S/C29H22N2O5/c1-28-21(17-10-5-3-6-11-17)22(18-12-7-4-8-13-18)29(2,27(28)34)24-23(28)25(32)30(26(24)33)19-14-9-15-20(16-19)31(35)36/h3-16,23-24H,1-2H3/t23-,24-,28-,29-/m0/s1. The Labute approximate surface area is 207 Å². The largest absolute Gasteiger partial charge is 0.298 e. The van der Waals surface area contributed by atoms with E-state index in [-0.39, 0.29) is 17.2 Å². The van der Waals surface area contributed by atoms with Crippen LogP contribution in [-0.4, -0.2) is 22.5 Å². The lowest BCUT2D eigenvalue weighted by Crippen LogP contribution is -2.40. The van der Waals surface area contributed by atoms with Gasteiger partial charge in [-0.2, -0.15) is 0 Å². The molecule has 2 fully saturated rings. The van der Waals surface area contributed by atoms with E-state index < -0.39 is 39.4 Å². The predicted molar refractivity (Wildman–Crippen MR) is 133 cm³/mol. The van der Waals surface area contributed by atoms with E-state index in [1.54, 1.807) is 13.8 Å². The molecule has 36 heavy (non-hydrogen) atoms. The first kappa shape index (κ1) is 22.1. The Morgan fingerprint density at radius 1 is 0.722 bits per heavy atom. The fourth-order valence-electron chi connectivity index (χ4n) is 6.81. The molecule has 1 heterocycles. The minimum Gasteiger partial charge on any atom is -0.298 e. The Kier molecular flexibility index (Phi) is 4.48. The average Bonchev–Trinajstić information content (AvgIpc) is 3.34. The summed E-state index contributed by atoms with van der Waals surface area (Å²) in [6.45, 7) is 3.55. The summed E-state index contributed by atoms with van der Waals surface area (Å²) in [5, 5.41) is 11.4. The number of allylic oxidation sites excluding steroid dienone is 2. The number of carbonyl (C=O) groups is 3. The number of amides is 2. The van der Waals surface area contributed by atoms with Gasteiger partial charge in [-0.3, -0.25) is 24.5 Å². The van der Waals surface area contributed by atoms with Gasteiger partial charge < -0.3 is 0 Å². The number of fused-ring (bicyclic) bond motifs is 5. The van der Waals surface area contributed by atoms with Gasteiger partial charge in [0.05, 0.1) is 33.3 Å². The maximum absolute atomic E-state index is 14.2. The molecule has 0 N–H and O–H groups in total. The second kappa shape index (κ2) is 7.31. The molecule has 1 saturated heterocycles. The van der Waals surface area contributed by atoms with Crippen molar-refractivity contribution in [1.82, 2.24) is 0 Å². The van der Waals surface area contributed by atoms with Gasteiger partial charge in [0.2, 0.25) is 11.8 Å². The van der Waals surface area contributed by atoms with Gasteiger partial charge in [0.15, 0.2) is 5.78 Å². The van der Waals surface area contributed by atoms with Crippen molar-refractivity contribution in [3.8, 4) is 0 Å². The van der Waals surface area contributed by atoms with Crippen molar-refractivity contribution in [3.63, 3.8) is 0 Å². The summed E-state index contributed by atoms with van der Waals surface area (Å²) < 4.78 is 0. The maximum atomic E-state index is 14.2. The van der Waals surface area contributed by atoms with Crippen LogP contribution in [0.4, 0.5) is 11.4 Å². The fourth-order valence-corrected chi connectivity index (χ4v) is 6.81. The zero-order valence-electron chi connectivity index (χ0n) is 19.7. The molecule has 3 aromatic carbocycles. The molecule has 0 radical (unpaired) electrons. The lowest BCUT2D eigenvalue weighted by atomic mass is 9.63. The Hall–Kier alpha value is -4.39. The highest BCUT2D eigenvalue weighted by Crippen LogP contribution is 2.73. The molecule has 4 atom stereocenters. The van der Waals surface area contributed by atoms with E-state index >= 15 is 0 Å². The van der Waals surface area contributed by atoms with Crippen LogP contribution >= 0.6 is 0 Å². The Balaban J connectivity index is 1.60. The number of carbonyl (C=O) groups excluding carboxylic acids is 3. The van der Waals surface area contributed by atoms with Crippen molar-refractivity contribution in [2.75, 3.05) is 4.90 Å². The Bertz CT molecular complexity index is 1430. The van der Waals surface area contributed by atoms with E-state index in [9.17, 15) is 24.5 Å². The topological polar surface area (TPSA) is 97.6 Å². The lowest BCUT2D eigenvalue weighted by molar-refractivity contribution is -0.384. The number of benzene rings is 3. The van der Waals surface area contributed by atoms with Crippen molar-refractivity contribution in [2.45, 2.75) is 13.8 Å². The van der Waals surface area contributed by atoms with Gasteiger partial charge in [0.25, 0.3) is 5.69 Å². The number of Topliss-reactive ketones (excluding diaryl/α,β-unsaturated/α-hetero) is 1. The van der Waals surface area contributed by atoms with Crippen LogP contribution in [0.5, 0.6) is 0 Å². The highest BCUT2D eigenvalue weighted by Gasteiger charge is 2.78. The molecule has 178 valence electrons. The van der Waals surface area contributed by atoms with Crippen LogP contribution in [0.1, 0.15) is 25.0 Å². The second-order valence-electron chi connectivity index (χ2n) is 9.96. The van der Waals surface area contributed by atoms with Crippen LogP contribution in [-0.2, 0) is 14.4 Å². The van der Waals surface area contributed by atoms with Gasteiger partial charge in [-0.1, -0.05) is 66.7 Å². The van der Waals surface area contributed by atoms with Gasteiger partial charge >= 0.3 is 0 Å². The SMILES string of the molecule is C[C@]12C(=O)[C@@](C)(C(c3ccccc3)=C1c1ccccc1)[C@@H]1C(=O)N(c3cccc([N+](=O)[O-])c3)C(=O)[C@H]12. The van der Waals surface area contributed by atoms with Gasteiger partial charge in [0, 0.05) is 12.1 Å². The van der Waals surface area contributed by atoms with E-state index in [2.05, 4.69) is 0 Å². The third-order valence-electron chi connectivity index (χ3n) is 8.21. The molecule has 7 heteroatoms. The molecular formula is C29H22N2O5. The number of nitro groups is 1. The fraction of sp³-hybridized carbons (Fsp3) is 0.207. The van der Waals surface area contributed by atoms with Gasteiger partial charge in [-0.25, -0.2) is 4.90 Å². The van der Waals surface area contributed by atoms with Crippen LogP contribution in [0.15, 0.2) is 84.9 Å². The first-order valence-corrected chi connectivity index (χ1v) is 11.8. The first-order chi connectivity index (χ1) is 17.2. The highest BCUT2D eigenvalue weighted by molar-refractivity contribution is 6.34. The van der Waals surface area contributed by atoms with Crippen molar-refractivity contribution in [2.24, 2.45) is 22.7 Å². The molecule has 3 aliphatic rings. The van der Waals surface area contributed by atoms with E-state index in [0.717, 1.165) is 27.2 Å². The zero-order valence-corrected chi connectivity index (χ0v) is 19.7. The average molecular weight is 479 g/mol. The second-order valence-corrected chi connectivity index (χ2v) is 9.96. The number of imide groups is 1. The molecule has 7 nitrogen and oxygen atoms in total. The van der Waals surface area contributed by atoms with Crippen LogP contribution < -0.4 is 4.90 Å². The number of nitro benzene ring substituents is 1. The molecule has 3 aromatic rings. The van der Waals surface area contributed by atoms with Gasteiger partial charge in [-0.05, 0) is 42.2 Å². The normalized spacial score (nSPS) is 28.7. The third kappa shape index (κ3) is 2.54.